The quantitative estimate of drug-likeness (QED) is 0.460. The largest absolute Gasteiger partial charge is 0.489 e. The predicted octanol–water partition coefficient (Wildman–Crippen LogP) is 7.92. The Hall–Kier alpha value is -2.10. The molecule has 1 fully saturated rings. The van der Waals surface area contributed by atoms with Crippen molar-refractivity contribution in [1.82, 2.24) is 4.90 Å². The molecule has 2 aromatic carbocycles. The summed E-state index contributed by atoms with van der Waals surface area (Å²) in [5.74, 6) is 0.828. The number of hydrogen-bond acceptors (Lipinski definition) is 3. The molecule has 182 valence electrons. The Morgan fingerprint density at radius 2 is 1.38 bits per heavy atom. The van der Waals surface area contributed by atoms with Gasteiger partial charge in [-0.2, -0.15) is 0 Å². The van der Waals surface area contributed by atoms with E-state index in [1.807, 2.05) is 104 Å². The lowest BCUT2D eigenvalue weighted by Gasteiger charge is -2.33. The Kier molecular flexibility index (Phi) is 19.6. The maximum atomic E-state index is 11.3. The van der Waals surface area contributed by atoms with E-state index in [-0.39, 0.29) is 6.04 Å². The van der Waals surface area contributed by atoms with Crippen LogP contribution >= 0.6 is 0 Å². The number of likely N-dealkylation sites (N-methyl/N-ethyl adjacent to an activating group) is 1. The molecule has 3 heteroatoms. The first-order valence-corrected chi connectivity index (χ1v) is 12.4. The van der Waals surface area contributed by atoms with Gasteiger partial charge < -0.3 is 9.84 Å². The highest BCUT2D eigenvalue weighted by Crippen LogP contribution is 2.42. The summed E-state index contributed by atoms with van der Waals surface area (Å²) in [5.41, 5.74) is 1.27. The molecule has 1 heterocycles. The molecule has 2 aromatic rings. The summed E-state index contributed by atoms with van der Waals surface area (Å²) in [6.07, 6.45) is 1.29. The van der Waals surface area contributed by atoms with Crippen LogP contribution in [0.25, 0.3) is 0 Å². The molecule has 0 aromatic heterocycles. The summed E-state index contributed by atoms with van der Waals surface area (Å²) < 4.78 is 5.77. The molecule has 1 aliphatic heterocycles. The molecule has 0 amide bonds. The molecule has 0 radical (unpaired) electrons. The first kappa shape index (κ1) is 32.1. The first-order chi connectivity index (χ1) is 15.6. The van der Waals surface area contributed by atoms with Crippen LogP contribution in [-0.2, 0) is 0 Å². The molecule has 2 atom stereocenters. The van der Waals surface area contributed by atoms with Crippen molar-refractivity contribution in [2.24, 2.45) is 0 Å². The van der Waals surface area contributed by atoms with Gasteiger partial charge in [0.2, 0.25) is 0 Å². The number of nitrogens with zero attached hydrogens (tertiary/aromatic N) is 1. The minimum absolute atomic E-state index is 0.00725. The number of rotatable bonds is 6. The Labute approximate surface area is 199 Å². The van der Waals surface area contributed by atoms with Gasteiger partial charge in [-0.25, -0.2) is 0 Å². The van der Waals surface area contributed by atoms with Gasteiger partial charge in [0.15, 0.2) is 0 Å². The highest BCUT2D eigenvalue weighted by molar-refractivity contribution is 5.26. The fourth-order valence-electron chi connectivity index (χ4n) is 3.62. The average Bonchev–Trinajstić information content (AvgIpc) is 3.17. The zero-order valence-electron chi connectivity index (χ0n) is 22.2. The molecule has 0 saturated carbocycles. The van der Waals surface area contributed by atoms with Gasteiger partial charge in [-0.15, -0.1) is 0 Å². The van der Waals surface area contributed by atoms with Gasteiger partial charge in [0.05, 0.1) is 11.6 Å². The molecule has 1 N–H and O–H groups in total. The summed E-state index contributed by atoms with van der Waals surface area (Å²) in [6, 6.07) is 19.9. The third-order valence-corrected chi connectivity index (χ3v) is 4.70. The van der Waals surface area contributed by atoms with Gasteiger partial charge in [-0.05, 0) is 36.7 Å². The van der Waals surface area contributed by atoms with E-state index in [9.17, 15) is 5.11 Å². The van der Waals surface area contributed by atoms with Crippen molar-refractivity contribution >= 4 is 0 Å². The fourth-order valence-corrected chi connectivity index (χ4v) is 3.62. The molecule has 3 nitrogen and oxygen atoms in total. The van der Waals surface area contributed by atoms with Crippen molar-refractivity contribution < 1.29 is 9.84 Å². The molecule has 3 rings (SSSR count). The molecular weight excluding hydrogens is 394 g/mol. The van der Waals surface area contributed by atoms with E-state index >= 15 is 0 Å². The van der Waals surface area contributed by atoms with Gasteiger partial charge in [-0.3, -0.25) is 4.90 Å². The standard InChI is InChI=1S/C21H25NO2.4C2H6/c1-17(16-24-19-11-7-4-8-12-19)15-21(23)13-14-22(2)20(21)18-9-5-3-6-10-18;4*1-2/h3-12,20,23H,1,13-16H2,2H3;4*1-2H3. The maximum Gasteiger partial charge on any atom is 0.119 e. The van der Waals surface area contributed by atoms with E-state index < -0.39 is 5.60 Å². The molecule has 32 heavy (non-hydrogen) atoms. The molecule has 0 spiro atoms. The Morgan fingerprint density at radius 3 is 1.88 bits per heavy atom. The third-order valence-electron chi connectivity index (χ3n) is 4.70. The lowest BCUT2D eigenvalue weighted by Crippen LogP contribution is -2.37. The Morgan fingerprint density at radius 1 is 0.906 bits per heavy atom. The SMILES string of the molecule is C=C(COc1ccccc1)CC1(O)CCN(C)C1c1ccccc1.CC.CC.CC.CC. The summed E-state index contributed by atoms with van der Waals surface area (Å²) in [7, 11) is 2.07. The zero-order valence-corrected chi connectivity index (χ0v) is 22.2. The molecule has 0 aliphatic carbocycles. The van der Waals surface area contributed by atoms with Crippen molar-refractivity contribution in [2.75, 3.05) is 20.2 Å². The first-order valence-electron chi connectivity index (χ1n) is 12.4. The Balaban J connectivity index is 0. The second-order valence-electron chi connectivity index (χ2n) is 6.68. The maximum absolute atomic E-state index is 11.3. The van der Waals surface area contributed by atoms with Crippen LogP contribution < -0.4 is 4.74 Å². The topological polar surface area (TPSA) is 32.7 Å². The van der Waals surface area contributed by atoms with Crippen LogP contribution in [0.3, 0.4) is 0 Å². The number of ether oxygens (including phenoxy) is 1. The second kappa shape index (κ2) is 19.6. The van der Waals surface area contributed by atoms with Gasteiger partial charge >= 0.3 is 0 Å². The van der Waals surface area contributed by atoms with Crippen molar-refractivity contribution in [2.45, 2.75) is 79.9 Å². The van der Waals surface area contributed by atoms with Crippen LogP contribution in [0.15, 0.2) is 72.8 Å². The van der Waals surface area contributed by atoms with E-state index in [1.54, 1.807) is 0 Å². The molecule has 0 bridgehead atoms. The Bertz CT molecular complexity index is 672. The normalized spacial score (nSPS) is 18.8. The van der Waals surface area contributed by atoms with Crippen LogP contribution in [0.2, 0.25) is 0 Å². The van der Waals surface area contributed by atoms with Crippen LogP contribution in [0, 0.1) is 0 Å². The smallest absolute Gasteiger partial charge is 0.119 e. The van der Waals surface area contributed by atoms with Gasteiger partial charge in [0, 0.05) is 13.0 Å². The minimum atomic E-state index is -0.798. The summed E-state index contributed by atoms with van der Waals surface area (Å²) >= 11 is 0. The van der Waals surface area contributed by atoms with E-state index in [2.05, 4.69) is 30.7 Å². The van der Waals surface area contributed by atoms with Crippen LogP contribution in [0.5, 0.6) is 5.75 Å². The summed E-state index contributed by atoms with van der Waals surface area (Å²) in [4.78, 5) is 2.22. The van der Waals surface area contributed by atoms with E-state index in [1.165, 1.54) is 0 Å². The van der Waals surface area contributed by atoms with Gasteiger partial charge in [0.1, 0.15) is 12.4 Å². The number of likely N-dealkylation sites (tertiary alicyclic amines) is 1. The number of aliphatic hydroxyl groups is 1. The van der Waals surface area contributed by atoms with Crippen molar-refractivity contribution in [1.29, 1.82) is 0 Å². The molecule has 1 aliphatic rings. The van der Waals surface area contributed by atoms with Crippen molar-refractivity contribution in [3.63, 3.8) is 0 Å². The number of benzene rings is 2. The number of hydrogen-bond donors (Lipinski definition) is 1. The fraction of sp³-hybridized carbons (Fsp3) is 0.517. The summed E-state index contributed by atoms with van der Waals surface area (Å²) in [6.45, 7) is 21.4. The molecule has 1 saturated heterocycles. The van der Waals surface area contributed by atoms with Crippen molar-refractivity contribution in [3.8, 4) is 5.75 Å². The van der Waals surface area contributed by atoms with Gasteiger partial charge in [0.25, 0.3) is 0 Å². The highest BCUT2D eigenvalue weighted by Gasteiger charge is 2.45. The zero-order chi connectivity index (χ0) is 25.0. The van der Waals surface area contributed by atoms with E-state index in [0.29, 0.717) is 13.0 Å². The van der Waals surface area contributed by atoms with Gasteiger partial charge in [-0.1, -0.05) is 110 Å². The lowest BCUT2D eigenvalue weighted by molar-refractivity contribution is 0.00592. The van der Waals surface area contributed by atoms with Crippen LogP contribution in [0.1, 0.15) is 79.8 Å². The highest BCUT2D eigenvalue weighted by atomic mass is 16.5. The number of para-hydroxylation sites is 1. The van der Waals surface area contributed by atoms with E-state index in [0.717, 1.165) is 29.9 Å². The summed E-state index contributed by atoms with van der Waals surface area (Å²) in [5, 5.41) is 11.3. The van der Waals surface area contributed by atoms with Crippen LogP contribution in [-0.4, -0.2) is 35.8 Å². The van der Waals surface area contributed by atoms with E-state index in [4.69, 9.17) is 4.74 Å². The second-order valence-corrected chi connectivity index (χ2v) is 6.68. The lowest BCUT2D eigenvalue weighted by atomic mass is 9.84. The minimum Gasteiger partial charge on any atom is -0.489 e. The molecule has 2 unspecified atom stereocenters. The predicted molar refractivity (Wildman–Crippen MR) is 142 cm³/mol. The molecular formula is C29H49NO2. The monoisotopic (exact) mass is 443 g/mol. The average molecular weight is 444 g/mol. The van der Waals surface area contributed by atoms with Crippen molar-refractivity contribution in [3.05, 3.63) is 78.4 Å². The van der Waals surface area contributed by atoms with Crippen LogP contribution in [0.4, 0.5) is 0 Å². The third kappa shape index (κ3) is 10.5.